The van der Waals surface area contributed by atoms with Crippen molar-refractivity contribution < 1.29 is 46.1 Å². The van der Waals surface area contributed by atoms with Crippen molar-refractivity contribution in [2.24, 2.45) is 5.92 Å². The van der Waals surface area contributed by atoms with E-state index in [4.69, 9.17) is 0 Å². The van der Waals surface area contributed by atoms with Crippen molar-refractivity contribution in [3.63, 3.8) is 0 Å². The molecule has 0 heterocycles. The van der Waals surface area contributed by atoms with Gasteiger partial charge < -0.3 is 24.8 Å². The maximum atomic E-state index is 2.61. The number of fused-ring (bicyclic) bond motifs is 3. The van der Waals surface area contributed by atoms with E-state index in [-0.39, 0.29) is 35.6 Å². The predicted molar refractivity (Wildman–Crippen MR) is 207 cm³/mol. The molecule has 4 aromatic carbocycles. The zero-order valence-electron chi connectivity index (χ0n) is 32.9. The molecular formula is C47H56Cl2Zr. The average Bonchev–Trinajstić information content (AvgIpc) is 3.44. The van der Waals surface area contributed by atoms with Crippen molar-refractivity contribution in [3.05, 3.63) is 142 Å². The van der Waals surface area contributed by atoms with E-state index in [0.29, 0.717) is 5.92 Å². The molecule has 0 bridgehead atoms. The summed E-state index contributed by atoms with van der Waals surface area (Å²) in [5.74, 6) is 0.456. The fourth-order valence-corrected chi connectivity index (χ4v) is 18.3. The molecule has 2 aliphatic rings. The fourth-order valence-electron chi connectivity index (χ4n) is 8.60. The Balaban J connectivity index is 0.00000281. The van der Waals surface area contributed by atoms with E-state index in [1.54, 1.807) is 32.0 Å². The van der Waals surface area contributed by atoms with Gasteiger partial charge in [0.2, 0.25) is 0 Å². The molecule has 1 atom stereocenters. The minimum atomic E-state index is -2.96. The minimum absolute atomic E-state index is 0. The number of halogens is 2. The van der Waals surface area contributed by atoms with Crippen LogP contribution < -0.4 is 28.1 Å². The average molecular weight is 783 g/mol. The Morgan fingerprint density at radius 2 is 1.10 bits per heavy atom. The molecular weight excluding hydrogens is 727 g/mol. The van der Waals surface area contributed by atoms with E-state index in [1.807, 2.05) is 0 Å². The number of rotatable bonds is 4. The summed E-state index contributed by atoms with van der Waals surface area (Å²) in [6, 6.07) is 26.7. The van der Waals surface area contributed by atoms with E-state index in [9.17, 15) is 0 Å². The Labute approximate surface area is 323 Å². The summed E-state index contributed by atoms with van der Waals surface area (Å²) in [4.78, 5) is 0. The fraction of sp³-hybridized carbons (Fsp3) is 0.383. The number of hydrogen-bond acceptors (Lipinski definition) is 0. The van der Waals surface area contributed by atoms with Crippen LogP contribution in [0, 0.1) is 33.6 Å². The van der Waals surface area contributed by atoms with Gasteiger partial charge in [0.25, 0.3) is 0 Å². The van der Waals surface area contributed by atoms with Crippen molar-refractivity contribution in [1.82, 2.24) is 0 Å². The first-order valence-corrected chi connectivity index (χ1v) is 21.7. The summed E-state index contributed by atoms with van der Waals surface area (Å²) >= 11 is -2.96. The van der Waals surface area contributed by atoms with Gasteiger partial charge in [-0.1, -0.05) is 0 Å². The Bertz CT molecular complexity index is 2010. The molecule has 50 heavy (non-hydrogen) atoms. The van der Waals surface area contributed by atoms with Gasteiger partial charge in [-0.2, -0.15) is 0 Å². The topological polar surface area (TPSA) is 0 Å². The molecule has 0 fully saturated rings. The number of benzene rings is 4. The molecule has 0 nitrogen and oxygen atoms in total. The van der Waals surface area contributed by atoms with Gasteiger partial charge in [-0.15, -0.1) is 0 Å². The van der Waals surface area contributed by atoms with Gasteiger partial charge in [0.05, 0.1) is 0 Å². The quantitative estimate of drug-likeness (QED) is 0.214. The summed E-state index contributed by atoms with van der Waals surface area (Å²) in [5, 5.41) is 0. The Hall–Kier alpha value is -2.31. The SMILES string of the molecule is CC1=C(C)C(C)[C]([Zr+2](=[C](c2ccc(C)cc2)c2ccc(C)cc2)[c]2c(C)c(C(C)(C)C)cc3c2Cc2cc(C)c(C(C)(C)C)cc2-3)=C1C.[Cl-].[Cl-]. The Morgan fingerprint density at radius 1 is 0.620 bits per heavy atom. The normalized spacial score (nSPS) is 15.3. The molecule has 4 aromatic rings. The van der Waals surface area contributed by atoms with Crippen LogP contribution in [0.15, 0.2) is 86.7 Å². The third-order valence-electron chi connectivity index (χ3n) is 11.5. The maximum absolute atomic E-state index is 2.96. The number of allylic oxidation sites excluding steroid dienone is 4. The summed E-state index contributed by atoms with van der Waals surface area (Å²) in [7, 11) is 0. The van der Waals surface area contributed by atoms with E-state index in [1.165, 1.54) is 61.2 Å². The molecule has 0 saturated carbocycles. The molecule has 3 heteroatoms. The van der Waals surface area contributed by atoms with E-state index in [2.05, 4.69) is 164 Å². The molecule has 1 unspecified atom stereocenters. The van der Waals surface area contributed by atoms with Crippen molar-refractivity contribution >= 4 is 6.48 Å². The molecule has 0 aliphatic heterocycles. The van der Waals surface area contributed by atoms with E-state index < -0.39 is 21.3 Å². The van der Waals surface area contributed by atoms with Gasteiger partial charge in [-0.05, 0) is 0 Å². The Kier molecular flexibility index (Phi) is 11.8. The number of aryl methyl sites for hydroxylation is 3. The molecule has 0 aromatic heterocycles. The predicted octanol–water partition coefficient (Wildman–Crippen LogP) is 5.87. The smallest absolute Gasteiger partial charge is 1.00 e. The summed E-state index contributed by atoms with van der Waals surface area (Å²) in [6.07, 6.45) is 1.03. The van der Waals surface area contributed by atoms with Crippen LogP contribution in [0.2, 0.25) is 0 Å². The van der Waals surface area contributed by atoms with E-state index >= 15 is 0 Å². The van der Waals surface area contributed by atoms with Crippen molar-refractivity contribution in [3.8, 4) is 11.1 Å². The number of hydrogen-bond donors (Lipinski definition) is 0. The summed E-state index contributed by atoms with van der Waals surface area (Å²) in [6.45, 7) is 33.3. The monoisotopic (exact) mass is 780 g/mol. The van der Waals surface area contributed by atoms with Gasteiger partial charge in [-0.3, -0.25) is 0 Å². The molecule has 0 saturated heterocycles. The molecule has 0 spiro atoms. The van der Waals surface area contributed by atoms with Gasteiger partial charge in [-0.25, -0.2) is 0 Å². The molecule has 262 valence electrons. The van der Waals surface area contributed by atoms with Gasteiger partial charge >= 0.3 is 301 Å². The third-order valence-corrected chi connectivity index (χ3v) is 20.4. The van der Waals surface area contributed by atoms with Gasteiger partial charge in [0, 0.05) is 0 Å². The standard InChI is InChI=1S/C23H29.C15H14.C9H13.2ClH.Zr/c1-14-9-16-11-17-10-15(2)21(23(6,7)8)13-19(17)18(16)12-20(14)22(3,4)5;1-12-3-7-14(8-4-12)11-15-9-5-13(2)6-10-15;1-6-5-7(2)9(4)8(6)3;;;/h9,12-13H,11H2,1-8H3;3-10H,1-2H3;6H,1-4H3;2*1H;/q;;;;;+2/p-2. The second-order valence-corrected chi connectivity index (χ2v) is 22.6. The molecule has 2 aliphatic carbocycles. The minimum Gasteiger partial charge on any atom is -1.00 e. The van der Waals surface area contributed by atoms with Crippen LogP contribution in [0.1, 0.15) is 125 Å². The first-order chi connectivity index (χ1) is 22.4. The maximum Gasteiger partial charge on any atom is -1.00 e. The molecule has 6 rings (SSSR count). The zero-order chi connectivity index (χ0) is 35.0. The molecule has 0 radical (unpaired) electrons. The first-order valence-electron chi connectivity index (χ1n) is 18.0. The van der Waals surface area contributed by atoms with Crippen LogP contribution in [0.4, 0.5) is 0 Å². The van der Waals surface area contributed by atoms with Gasteiger partial charge in [0.1, 0.15) is 0 Å². The van der Waals surface area contributed by atoms with Crippen LogP contribution in [0.5, 0.6) is 0 Å². The van der Waals surface area contributed by atoms with Crippen LogP contribution in [-0.2, 0) is 38.5 Å². The van der Waals surface area contributed by atoms with Gasteiger partial charge in [0.15, 0.2) is 0 Å². The first kappa shape index (κ1) is 40.5. The second-order valence-electron chi connectivity index (χ2n) is 17.0. The van der Waals surface area contributed by atoms with Crippen LogP contribution in [-0.4, -0.2) is 3.21 Å². The largest absolute Gasteiger partial charge is 1.00 e. The Morgan fingerprint density at radius 3 is 1.54 bits per heavy atom. The van der Waals surface area contributed by atoms with Crippen molar-refractivity contribution in [1.29, 1.82) is 0 Å². The van der Waals surface area contributed by atoms with Crippen LogP contribution in [0.3, 0.4) is 0 Å². The molecule has 0 N–H and O–H groups in total. The molecule has 0 amide bonds. The summed E-state index contributed by atoms with van der Waals surface area (Å²) in [5.41, 5.74) is 22.2. The third kappa shape index (κ3) is 7.06. The second kappa shape index (κ2) is 14.6. The van der Waals surface area contributed by atoms with E-state index in [0.717, 1.165) is 6.42 Å². The van der Waals surface area contributed by atoms with Crippen molar-refractivity contribution in [2.75, 3.05) is 0 Å². The van der Waals surface area contributed by atoms with Crippen LogP contribution >= 0.6 is 0 Å². The summed E-state index contributed by atoms with van der Waals surface area (Å²) < 4.78 is 5.12. The van der Waals surface area contributed by atoms with Crippen molar-refractivity contribution in [2.45, 2.75) is 114 Å². The van der Waals surface area contributed by atoms with Crippen LogP contribution in [0.25, 0.3) is 11.1 Å². The zero-order valence-corrected chi connectivity index (χ0v) is 36.9.